The lowest BCUT2D eigenvalue weighted by atomic mass is 10.1. The maximum atomic E-state index is 12.4. The quantitative estimate of drug-likeness (QED) is 0.782. The lowest BCUT2D eigenvalue weighted by Crippen LogP contribution is -2.12. The Morgan fingerprint density at radius 1 is 1.14 bits per heavy atom. The number of nitrogens with one attached hydrogen (secondary N) is 1. The Hall–Kier alpha value is -3.19. The van der Waals surface area contributed by atoms with Crippen LogP contribution in [0.3, 0.4) is 0 Å². The molecule has 0 fully saturated rings. The van der Waals surface area contributed by atoms with Crippen LogP contribution in [0, 0.1) is 18.3 Å². The molecule has 0 spiro atoms. The number of hydrogen-bond acceptors (Lipinski definition) is 3. The summed E-state index contributed by atoms with van der Waals surface area (Å²) in [5.74, 6) is -0.208. The van der Waals surface area contributed by atoms with E-state index in [-0.39, 0.29) is 5.91 Å². The molecule has 2 aromatic carbocycles. The van der Waals surface area contributed by atoms with E-state index >= 15 is 0 Å². The second kappa shape index (κ2) is 5.66. The van der Waals surface area contributed by atoms with Gasteiger partial charge in [0.05, 0.1) is 22.8 Å². The Kier molecular flexibility index (Phi) is 3.55. The molecule has 0 aliphatic heterocycles. The zero-order chi connectivity index (χ0) is 15.5. The van der Waals surface area contributed by atoms with E-state index in [0.29, 0.717) is 11.1 Å². The molecule has 4 nitrogen and oxygen atoms in total. The number of aromatic nitrogens is 1. The lowest BCUT2D eigenvalue weighted by Gasteiger charge is -2.09. The first-order valence-electron chi connectivity index (χ1n) is 6.85. The summed E-state index contributed by atoms with van der Waals surface area (Å²) in [7, 11) is 0. The number of amides is 1. The number of rotatable bonds is 2. The molecule has 1 heterocycles. The van der Waals surface area contributed by atoms with Crippen molar-refractivity contribution in [1.82, 2.24) is 4.98 Å². The topological polar surface area (TPSA) is 65.8 Å². The summed E-state index contributed by atoms with van der Waals surface area (Å²) in [6.07, 6.45) is 0. The van der Waals surface area contributed by atoms with E-state index in [0.717, 1.165) is 22.3 Å². The molecule has 0 aliphatic rings. The standard InChI is InChI=1S/C18H13N3O/c1-12-10-17(15-4-2-3-5-16(15)20-12)21-18(22)14-8-6-13(11-19)7-9-14/h2-10H,1H3,(H,20,21,22). The Labute approximate surface area is 128 Å². The molecule has 0 unspecified atom stereocenters. The molecule has 22 heavy (non-hydrogen) atoms. The normalized spacial score (nSPS) is 10.2. The van der Waals surface area contributed by atoms with Gasteiger partial charge >= 0.3 is 0 Å². The van der Waals surface area contributed by atoms with E-state index in [9.17, 15) is 4.79 Å². The van der Waals surface area contributed by atoms with E-state index in [1.165, 1.54) is 0 Å². The fraction of sp³-hybridized carbons (Fsp3) is 0.0556. The molecule has 3 aromatic rings. The fourth-order valence-corrected chi connectivity index (χ4v) is 2.30. The number of para-hydroxylation sites is 1. The molecule has 0 bridgehead atoms. The van der Waals surface area contributed by atoms with Crippen molar-refractivity contribution in [3.63, 3.8) is 0 Å². The average molecular weight is 287 g/mol. The maximum Gasteiger partial charge on any atom is 0.255 e. The average Bonchev–Trinajstić information content (AvgIpc) is 2.54. The predicted molar refractivity (Wildman–Crippen MR) is 85.6 cm³/mol. The fourth-order valence-electron chi connectivity index (χ4n) is 2.30. The van der Waals surface area contributed by atoms with Gasteiger partial charge in [-0.05, 0) is 43.3 Å². The van der Waals surface area contributed by atoms with E-state index in [1.54, 1.807) is 24.3 Å². The van der Waals surface area contributed by atoms with Gasteiger partial charge in [-0.25, -0.2) is 0 Å². The molecule has 0 radical (unpaired) electrons. The van der Waals surface area contributed by atoms with Gasteiger partial charge in [-0.3, -0.25) is 9.78 Å². The highest BCUT2D eigenvalue weighted by atomic mass is 16.1. The Morgan fingerprint density at radius 2 is 1.86 bits per heavy atom. The van der Waals surface area contributed by atoms with Gasteiger partial charge in [0.25, 0.3) is 5.91 Å². The lowest BCUT2D eigenvalue weighted by molar-refractivity contribution is 0.102. The van der Waals surface area contributed by atoms with Crippen molar-refractivity contribution in [2.45, 2.75) is 6.92 Å². The molecule has 1 N–H and O–H groups in total. The van der Waals surface area contributed by atoms with Crippen molar-refractivity contribution in [3.05, 3.63) is 71.4 Å². The van der Waals surface area contributed by atoms with Crippen LogP contribution in [0.25, 0.3) is 10.9 Å². The van der Waals surface area contributed by atoms with Gasteiger partial charge in [-0.2, -0.15) is 5.26 Å². The minimum Gasteiger partial charge on any atom is -0.321 e. The van der Waals surface area contributed by atoms with Gasteiger partial charge in [0.1, 0.15) is 0 Å². The van der Waals surface area contributed by atoms with Crippen LogP contribution in [0.2, 0.25) is 0 Å². The number of benzene rings is 2. The van der Waals surface area contributed by atoms with Crippen molar-refractivity contribution < 1.29 is 4.79 Å². The van der Waals surface area contributed by atoms with Crippen molar-refractivity contribution >= 4 is 22.5 Å². The van der Waals surface area contributed by atoms with Gasteiger partial charge in [0.2, 0.25) is 0 Å². The molecular weight excluding hydrogens is 274 g/mol. The highest BCUT2D eigenvalue weighted by Crippen LogP contribution is 2.23. The number of hydrogen-bond donors (Lipinski definition) is 1. The van der Waals surface area contributed by atoms with Gasteiger partial charge in [-0.15, -0.1) is 0 Å². The monoisotopic (exact) mass is 287 g/mol. The zero-order valence-corrected chi connectivity index (χ0v) is 12.0. The van der Waals surface area contributed by atoms with Crippen LogP contribution in [0.4, 0.5) is 5.69 Å². The third-order valence-corrected chi connectivity index (χ3v) is 3.37. The SMILES string of the molecule is Cc1cc(NC(=O)c2ccc(C#N)cc2)c2ccccc2n1. The summed E-state index contributed by atoms with van der Waals surface area (Å²) in [5, 5.41) is 12.6. The summed E-state index contributed by atoms with van der Waals surface area (Å²) in [5.41, 5.74) is 3.46. The molecule has 0 atom stereocenters. The number of carbonyl (C=O) groups is 1. The Morgan fingerprint density at radius 3 is 2.59 bits per heavy atom. The minimum absolute atomic E-state index is 0.208. The van der Waals surface area contributed by atoms with Gasteiger partial charge in [0, 0.05) is 16.6 Å². The molecule has 3 rings (SSSR count). The summed E-state index contributed by atoms with van der Waals surface area (Å²) in [6.45, 7) is 1.89. The molecular formula is C18H13N3O. The number of nitriles is 1. The van der Waals surface area contributed by atoms with E-state index in [2.05, 4.69) is 10.3 Å². The molecule has 4 heteroatoms. The third kappa shape index (κ3) is 2.65. The number of anilines is 1. The van der Waals surface area contributed by atoms with Crippen LogP contribution < -0.4 is 5.32 Å². The zero-order valence-electron chi connectivity index (χ0n) is 12.0. The maximum absolute atomic E-state index is 12.4. The van der Waals surface area contributed by atoms with Crippen molar-refractivity contribution in [2.24, 2.45) is 0 Å². The number of aryl methyl sites for hydroxylation is 1. The summed E-state index contributed by atoms with van der Waals surface area (Å²) in [4.78, 5) is 16.8. The largest absolute Gasteiger partial charge is 0.321 e. The molecule has 1 aromatic heterocycles. The van der Waals surface area contributed by atoms with Gasteiger partial charge in [-0.1, -0.05) is 18.2 Å². The summed E-state index contributed by atoms with van der Waals surface area (Å²) in [6, 6.07) is 18.1. The number of pyridine rings is 1. The smallest absolute Gasteiger partial charge is 0.255 e. The van der Waals surface area contributed by atoms with Gasteiger partial charge in [0.15, 0.2) is 0 Å². The van der Waals surface area contributed by atoms with E-state index in [1.807, 2.05) is 43.3 Å². The first-order valence-corrected chi connectivity index (χ1v) is 6.85. The van der Waals surface area contributed by atoms with Crippen LogP contribution in [-0.4, -0.2) is 10.9 Å². The van der Waals surface area contributed by atoms with Crippen molar-refractivity contribution in [3.8, 4) is 6.07 Å². The van der Waals surface area contributed by atoms with E-state index < -0.39 is 0 Å². The van der Waals surface area contributed by atoms with Crippen LogP contribution in [0.5, 0.6) is 0 Å². The van der Waals surface area contributed by atoms with Crippen LogP contribution >= 0.6 is 0 Å². The predicted octanol–water partition coefficient (Wildman–Crippen LogP) is 3.67. The summed E-state index contributed by atoms with van der Waals surface area (Å²) < 4.78 is 0. The summed E-state index contributed by atoms with van der Waals surface area (Å²) >= 11 is 0. The van der Waals surface area contributed by atoms with Crippen molar-refractivity contribution in [2.75, 3.05) is 5.32 Å². The van der Waals surface area contributed by atoms with Crippen LogP contribution in [0.1, 0.15) is 21.6 Å². The van der Waals surface area contributed by atoms with E-state index in [4.69, 9.17) is 5.26 Å². The third-order valence-electron chi connectivity index (χ3n) is 3.37. The minimum atomic E-state index is -0.208. The second-order valence-corrected chi connectivity index (χ2v) is 4.97. The first-order chi connectivity index (χ1) is 10.7. The second-order valence-electron chi connectivity index (χ2n) is 4.97. The molecule has 1 amide bonds. The highest BCUT2D eigenvalue weighted by Gasteiger charge is 2.09. The Balaban J connectivity index is 1.95. The number of nitrogens with zero attached hydrogens (tertiary/aromatic N) is 2. The van der Waals surface area contributed by atoms with Crippen LogP contribution in [0.15, 0.2) is 54.6 Å². The number of fused-ring (bicyclic) bond motifs is 1. The molecule has 0 saturated carbocycles. The van der Waals surface area contributed by atoms with Crippen LogP contribution in [-0.2, 0) is 0 Å². The Bertz CT molecular complexity index is 892. The molecule has 0 saturated heterocycles. The molecule has 106 valence electrons. The number of carbonyl (C=O) groups excluding carboxylic acids is 1. The first kappa shape index (κ1) is 13.8. The van der Waals surface area contributed by atoms with Crippen molar-refractivity contribution in [1.29, 1.82) is 5.26 Å². The highest BCUT2D eigenvalue weighted by molar-refractivity contribution is 6.08. The molecule has 0 aliphatic carbocycles. The van der Waals surface area contributed by atoms with Gasteiger partial charge < -0.3 is 5.32 Å².